The average molecular weight is 549 g/mol. The van der Waals surface area contributed by atoms with Crippen LogP contribution in [-0.2, 0) is 22.5 Å². The van der Waals surface area contributed by atoms with Gasteiger partial charge in [0.2, 0.25) is 0 Å². The average Bonchev–Trinajstić information content (AvgIpc) is 3.61. The van der Waals surface area contributed by atoms with Crippen LogP contribution in [0.5, 0.6) is 0 Å². The van der Waals surface area contributed by atoms with Crippen LogP contribution in [0.25, 0.3) is 6.08 Å². The summed E-state index contributed by atoms with van der Waals surface area (Å²) in [7, 11) is 0. The number of morpholine rings is 1. The van der Waals surface area contributed by atoms with Crippen LogP contribution < -0.4 is 5.32 Å². The van der Waals surface area contributed by atoms with Gasteiger partial charge in [-0.3, -0.25) is 19.2 Å². The van der Waals surface area contributed by atoms with Crippen molar-refractivity contribution >= 4 is 17.8 Å². The summed E-state index contributed by atoms with van der Waals surface area (Å²) in [6.45, 7) is 9.04. The zero-order chi connectivity index (χ0) is 28.5. The molecule has 1 saturated heterocycles. The highest BCUT2D eigenvalue weighted by Crippen LogP contribution is 2.33. The summed E-state index contributed by atoms with van der Waals surface area (Å²) >= 11 is 0. The molecule has 6 rings (SSSR count). The van der Waals surface area contributed by atoms with Crippen molar-refractivity contribution in [2.75, 3.05) is 13.1 Å². The minimum absolute atomic E-state index is 0.00760. The van der Waals surface area contributed by atoms with Crippen molar-refractivity contribution in [2.45, 2.75) is 58.4 Å². The van der Waals surface area contributed by atoms with Crippen molar-refractivity contribution < 1.29 is 14.3 Å². The second-order valence-electron chi connectivity index (χ2n) is 11.4. The number of amides is 1. The van der Waals surface area contributed by atoms with Crippen molar-refractivity contribution in [1.29, 1.82) is 0 Å². The fourth-order valence-corrected chi connectivity index (χ4v) is 6.05. The molecule has 3 atom stereocenters. The third-order valence-electron chi connectivity index (χ3n) is 8.08. The molecule has 1 aromatic heterocycles. The summed E-state index contributed by atoms with van der Waals surface area (Å²) < 4.78 is 7.67. The molecule has 1 N–H and O–H groups in total. The first kappa shape index (κ1) is 27.1. The van der Waals surface area contributed by atoms with Gasteiger partial charge in [0.05, 0.1) is 30.0 Å². The highest BCUT2D eigenvalue weighted by molar-refractivity contribution is 6.04. The Morgan fingerprint density at radius 3 is 2.66 bits per heavy atom. The van der Waals surface area contributed by atoms with E-state index >= 15 is 0 Å². The van der Waals surface area contributed by atoms with E-state index in [-0.39, 0.29) is 36.4 Å². The lowest BCUT2D eigenvalue weighted by Gasteiger charge is -2.35. The molecule has 0 unspecified atom stereocenters. The number of hydrogen-bond donors (Lipinski definition) is 1. The molecule has 2 heterocycles. The lowest BCUT2D eigenvalue weighted by atomic mass is 9.93. The number of allylic oxidation sites excluding steroid dienone is 4. The van der Waals surface area contributed by atoms with Gasteiger partial charge >= 0.3 is 0 Å². The highest BCUT2D eigenvalue weighted by Gasteiger charge is 2.25. The molecular formula is C34H36N4O3. The number of hydrogen-bond acceptors (Lipinski definition) is 5. The van der Waals surface area contributed by atoms with E-state index in [2.05, 4.69) is 53.4 Å². The molecule has 41 heavy (non-hydrogen) atoms. The summed E-state index contributed by atoms with van der Waals surface area (Å²) in [5.41, 5.74) is 7.56. The number of fused-ring (bicyclic) bond motifs is 1. The number of ether oxygens (including phenoxy) is 1. The molecule has 7 nitrogen and oxygen atoms in total. The molecule has 0 bridgehead atoms. The van der Waals surface area contributed by atoms with Crippen LogP contribution in [-0.4, -0.2) is 51.7 Å². The number of rotatable bonds is 7. The zero-order valence-corrected chi connectivity index (χ0v) is 23.8. The Bertz CT molecular complexity index is 1560. The number of ketones is 1. The van der Waals surface area contributed by atoms with Crippen LogP contribution in [0.1, 0.15) is 65.8 Å². The molecule has 2 aliphatic carbocycles. The molecule has 1 amide bonds. The fourth-order valence-electron chi connectivity index (χ4n) is 6.05. The third-order valence-corrected chi connectivity index (χ3v) is 8.08. The van der Waals surface area contributed by atoms with E-state index in [0.717, 1.165) is 30.8 Å². The second-order valence-corrected chi connectivity index (χ2v) is 11.4. The maximum Gasteiger partial charge on any atom is 0.258 e. The maximum absolute atomic E-state index is 13.1. The summed E-state index contributed by atoms with van der Waals surface area (Å²) in [4.78, 5) is 28.5. The van der Waals surface area contributed by atoms with E-state index in [0.29, 0.717) is 23.3 Å². The van der Waals surface area contributed by atoms with Gasteiger partial charge in [-0.25, -0.2) is 0 Å². The normalized spacial score (nSPS) is 21.5. The number of carbonyl (C=O) groups excluding carboxylic acids is 2. The van der Waals surface area contributed by atoms with Gasteiger partial charge in [-0.15, -0.1) is 0 Å². The van der Waals surface area contributed by atoms with Gasteiger partial charge < -0.3 is 10.1 Å². The maximum atomic E-state index is 13.1. The van der Waals surface area contributed by atoms with Crippen molar-refractivity contribution in [3.63, 3.8) is 0 Å². The van der Waals surface area contributed by atoms with Crippen LogP contribution >= 0.6 is 0 Å². The van der Waals surface area contributed by atoms with Gasteiger partial charge in [0, 0.05) is 43.5 Å². The van der Waals surface area contributed by atoms with Gasteiger partial charge in [0.15, 0.2) is 5.78 Å². The van der Waals surface area contributed by atoms with E-state index in [9.17, 15) is 9.59 Å². The van der Waals surface area contributed by atoms with E-state index in [4.69, 9.17) is 4.74 Å². The predicted molar refractivity (Wildman–Crippen MR) is 159 cm³/mol. The highest BCUT2D eigenvalue weighted by atomic mass is 16.5. The minimum atomic E-state index is -0.243. The number of aromatic nitrogens is 2. The summed E-state index contributed by atoms with van der Waals surface area (Å²) in [5, 5.41) is 7.40. The van der Waals surface area contributed by atoms with Gasteiger partial charge in [-0.1, -0.05) is 60.7 Å². The first-order valence-corrected chi connectivity index (χ1v) is 14.4. The quantitative estimate of drug-likeness (QED) is 0.436. The SMILES string of the molecule is C[C@@H]1CN(Cc2ccc3c(c2)C=C(C2=CC(NC(=O)c4cnn([C@@H](C)c5ccccc5)c4)=CCC2=O)C3)C[C@H](C)O1. The van der Waals surface area contributed by atoms with Crippen LogP contribution in [0.2, 0.25) is 0 Å². The largest absolute Gasteiger partial charge is 0.373 e. The second kappa shape index (κ2) is 11.4. The smallest absolute Gasteiger partial charge is 0.258 e. The van der Waals surface area contributed by atoms with E-state index in [1.807, 2.05) is 43.3 Å². The predicted octanol–water partition coefficient (Wildman–Crippen LogP) is 5.25. The fraction of sp³-hybridized carbons (Fsp3) is 0.324. The van der Waals surface area contributed by atoms with E-state index < -0.39 is 0 Å². The molecule has 7 heteroatoms. The lowest BCUT2D eigenvalue weighted by molar-refractivity contribution is -0.114. The van der Waals surface area contributed by atoms with Crippen LogP contribution in [0.15, 0.2) is 89.9 Å². The molecule has 0 radical (unpaired) electrons. The van der Waals surface area contributed by atoms with Crippen molar-refractivity contribution in [3.05, 3.63) is 118 Å². The number of benzene rings is 2. The van der Waals surface area contributed by atoms with Gasteiger partial charge in [0.25, 0.3) is 5.91 Å². The molecule has 0 saturated carbocycles. The van der Waals surface area contributed by atoms with Gasteiger partial charge in [0.1, 0.15) is 0 Å². The van der Waals surface area contributed by atoms with E-state index in [1.54, 1.807) is 23.2 Å². The molecule has 3 aromatic rings. The molecule has 1 fully saturated rings. The standard InChI is InChI=1S/C34H36N4O3/c1-22-18-37(19-23(2)41-22)20-25-9-10-27-14-29(15-28(27)13-25)32-16-31(11-12-33(32)39)36-34(40)30-17-35-38(21-30)24(3)26-7-5-4-6-8-26/h4-11,13,15-17,21-24H,12,14,18-20H2,1-3H3,(H,36,40)/t22-,23+,24-/m0/s1. The summed E-state index contributed by atoms with van der Waals surface area (Å²) in [5.74, 6) is -0.170. The number of nitrogens with zero attached hydrogens (tertiary/aromatic N) is 3. The number of Topliss-reactive ketones (excluding diaryl/α,β-unsaturated/α-hetero) is 1. The molecule has 3 aliphatic rings. The Hall–Kier alpha value is -4.07. The molecule has 210 valence electrons. The number of carbonyl (C=O) groups is 2. The topological polar surface area (TPSA) is 76.5 Å². The minimum Gasteiger partial charge on any atom is -0.373 e. The molecule has 0 spiro atoms. The van der Waals surface area contributed by atoms with Crippen molar-refractivity contribution in [3.8, 4) is 0 Å². The Kier molecular flexibility index (Phi) is 7.56. The van der Waals surface area contributed by atoms with Gasteiger partial charge in [-0.05, 0) is 61.1 Å². The Labute approximate surface area is 241 Å². The van der Waals surface area contributed by atoms with Gasteiger partial charge in [-0.2, -0.15) is 5.10 Å². The molecule has 2 aromatic carbocycles. The Balaban J connectivity index is 1.13. The monoisotopic (exact) mass is 548 g/mol. The Morgan fingerprint density at radius 1 is 1.10 bits per heavy atom. The zero-order valence-electron chi connectivity index (χ0n) is 23.8. The first-order chi connectivity index (χ1) is 19.8. The van der Waals surface area contributed by atoms with Crippen LogP contribution in [0.4, 0.5) is 0 Å². The third kappa shape index (κ3) is 6.01. The van der Waals surface area contributed by atoms with E-state index in [1.165, 1.54) is 16.7 Å². The molecule has 1 aliphatic heterocycles. The Morgan fingerprint density at radius 2 is 1.88 bits per heavy atom. The summed E-state index contributed by atoms with van der Waals surface area (Å²) in [6.07, 6.45) is 10.5. The van der Waals surface area contributed by atoms with Crippen molar-refractivity contribution in [1.82, 2.24) is 20.0 Å². The van der Waals surface area contributed by atoms with Crippen LogP contribution in [0.3, 0.4) is 0 Å². The lowest BCUT2D eigenvalue weighted by Crippen LogP contribution is -2.44. The summed E-state index contributed by atoms with van der Waals surface area (Å²) in [6, 6.07) is 16.7. The number of nitrogens with one attached hydrogen (secondary N) is 1. The first-order valence-electron chi connectivity index (χ1n) is 14.4. The van der Waals surface area contributed by atoms with Crippen LogP contribution in [0, 0.1) is 0 Å². The molecular weight excluding hydrogens is 512 g/mol. The van der Waals surface area contributed by atoms with Crippen molar-refractivity contribution in [2.24, 2.45) is 0 Å².